The molecule has 0 saturated carbocycles. The van der Waals surface area contributed by atoms with Crippen LogP contribution in [0.3, 0.4) is 0 Å². The molecular formula is C17H16N2O2. The van der Waals surface area contributed by atoms with E-state index in [0.717, 1.165) is 22.3 Å². The number of ether oxygens (including phenoxy) is 1. The smallest absolute Gasteiger partial charge is 0.257 e. The average Bonchev–Trinajstić information content (AvgIpc) is 2.85. The molecule has 1 N–H and O–H groups in total. The molecule has 0 aliphatic carbocycles. The number of aryl methyl sites for hydroxylation is 1. The van der Waals surface area contributed by atoms with Crippen LogP contribution in [0.5, 0.6) is 5.75 Å². The SMILES string of the molecule is COc1ccc2c(c1)c(C(=O)Nc1ccccc1)cn2C. The molecule has 3 aromatic rings. The van der Waals surface area contributed by atoms with Crippen LogP contribution in [-0.4, -0.2) is 17.6 Å². The van der Waals surface area contributed by atoms with Crippen LogP contribution in [0, 0.1) is 0 Å². The first-order chi connectivity index (χ1) is 10.2. The first-order valence-electron chi connectivity index (χ1n) is 6.68. The van der Waals surface area contributed by atoms with Crippen LogP contribution < -0.4 is 10.1 Å². The van der Waals surface area contributed by atoms with Crippen molar-refractivity contribution in [3.05, 3.63) is 60.3 Å². The second-order valence-electron chi connectivity index (χ2n) is 4.86. The van der Waals surface area contributed by atoms with Gasteiger partial charge in [-0.2, -0.15) is 0 Å². The van der Waals surface area contributed by atoms with Gasteiger partial charge < -0.3 is 14.6 Å². The maximum Gasteiger partial charge on any atom is 0.257 e. The molecule has 4 nitrogen and oxygen atoms in total. The van der Waals surface area contributed by atoms with E-state index in [1.165, 1.54) is 0 Å². The van der Waals surface area contributed by atoms with E-state index in [9.17, 15) is 4.79 Å². The van der Waals surface area contributed by atoms with Gasteiger partial charge in [-0.1, -0.05) is 18.2 Å². The van der Waals surface area contributed by atoms with Crippen molar-refractivity contribution in [2.45, 2.75) is 0 Å². The third-order valence-electron chi connectivity index (χ3n) is 3.47. The maximum atomic E-state index is 12.5. The summed E-state index contributed by atoms with van der Waals surface area (Å²) in [5.74, 6) is 0.613. The van der Waals surface area contributed by atoms with Crippen LogP contribution in [0.1, 0.15) is 10.4 Å². The Hall–Kier alpha value is -2.75. The van der Waals surface area contributed by atoms with Crippen molar-refractivity contribution in [3.63, 3.8) is 0 Å². The summed E-state index contributed by atoms with van der Waals surface area (Å²) < 4.78 is 7.18. The van der Waals surface area contributed by atoms with E-state index < -0.39 is 0 Å². The number of nitrogens with one attached hydrogen (secondary N) is 1. The van der Waals surface area contributed by atoms with Crippen LogP contribution in [0.4, 0.5) is 5.69 Å². The lowest BCUT2D eigenvalue weighted by atomic mass is 10.1. The summed E-state index contributed by atoms with van der Waals surface area (Å²) in [6.45, 7) is 0. The summed E-state index contributed by atoms with van der Waals surface area (Å²) in [5.41, 5.74) is 2.41. The Bertz CT molecular complexity index is 791. The average molecular weight is 280 g/mol. The van der Waals surface area contributed by atoms with E-state index in [2.05, 4.69) is 5.32 Å². The van der Waals surface area contributed by atoms with Crippen molar-refractivity contribution >= 4 is 22.5 Å². The molecule has 0 aliphatic rings. The van der Waals surface area contributed by atoms with Gasteiger partial charge in [-0.25, -0.2) is 0 Å². The summed E-state index contributed by atoms with van der Waals surface area (Å²) >= 11 is 0. The predicted molar refractivity (Wildman–Crippen MR) is 83.9 cm³/mol. The maximum absolute atomic E-state index is 12.5. The molecule has 0 saturated heterocycles. The number of nitrogens with zero attached hydrogens (tertiary/aromatic N) is 1. The molecule has 106 valence electrons. The summed E-state index contributed by atoms with van der Waals surface area (Å²) in [6, 6.07) is 15.2. The number of hydrogen-bond acceptors (Lipinski definition) is 2. The van der Waals surface area contributed by atoms with Crippen molar-refractivity contribution in [3.8, 4) is 5.75 Å². The molecule has 0 unspecified atom stereocenters. The van der Waals surface area contributed by atoms with Gasteiger partial charge in [0.05, 0.1) is 12.7 Å². The Labute approximate surface area is 123 Å². The minimum Gasteiger partial charge on any atom is -0.497 e. The molecule has 0 bridgehead atoms. The van der Waals surface area contributed by atoms with Crippen molar-refractivity contribution < 1.29 is 9.53 Å². The van der Waals surface area contributed by atoms with Gasteiger partial charge in [0, 0.05) is 29.8 Å². The number of anilines is 1. The highest BCUT2D eigenvalue weighted by molar-refractivity contribution is 6.13. The molecule has 0 spiro atoms. The van der Waals surface area contributed by atoms with Crippen LogP contribution >= 0.6 is 0 Å². The molecule has 2 aromatic carbocycles. The molecule has 0 aliphatic heterocycles. The van der Waals surface area contributed by atoms with Crippen molar-refractivity contribution in [1.29, 1.82) is 0 Å². The third kappa shape index (κ3) is 2.48. The summed E-state index contributed by atoms with van der Waals surface area (Å²) in [4.78, 5) is 12.5. The van der Waals surface area contributed by atoms with E-state index >= 15 is 0 Å². The van der Waals surface area contributed by atoms with Gasteiger partial charge in [0.25, 0.3) is 5.91 Å². The molecule has 0 radical (unpaired) electrons. The quantitative estimate of drug-likeness (QED) is 0.798. The van der Waals surface area contributed by atoms with E-state index in [4.69, 9.17) is 4.74 Å². The van der Waals surface area contributed by atoms with Crippen molar-refractivity contribution in [1.82, 2.24) is 4.57 Å². The highest BCUT2D eigenvalue weighted by Gasteiger charge is 2.14. The minimum absolute atomic E-state index is 0.125. The molecule has 0 fully saturated rings. The molecule has 1 heterocycles. The summed E-state index contributed by atoms with van der Waals surface area (Å²) in [7, 11) is 3.54. The van der Waals surface area contributed by atoms with Gasteiger partial charge in [0.2, 0.25) is 0 Å². The summed E-state index contributed by atoms with van der Waals surface area (Å²) in [5, 5.41) is 3.79. The van der Waals surface area contributed by atoms with Gasteiger partial charge in [-0.3, -0.25) is 4.79 Å². The minimum atomic E-state index is -0.125. The highest BCUT2D eigenvalue weighted by Crippen LogP contribution is 2.26. The molecular weight excluding hydrogens is 264 g/mol. The first kappa shape index (κ1) is 13.2. The molecule has 1 amide bonds. The lowest BCUT2D eigenvalue weighted by Crippen LogP contribution is -2.11. The van der Waals surface area contributed by atoms with Gasteiger partial charge in [0.1, 0.15) is 5.75 Å². The van der Waals surface area contributed by atoms with Gasteiger partial charge >= 0.3 is 0 Å². The number of benzene rings is 2. The second-order valence-corrected chi connectivity index (χ2v) is 4.86. The zero-order valence-electron chi connectivity index (χ0n) is 12.0. The normalized spacial score (nSPS) is 10.6. The monoisotopic (exact) mass is 280 g/mol. The van der Waals surface area contributed by atoms with Gasteiger partial charge in [-0.05, 0) is 30.3 Å². The van der Waals surface area contributed by atoms with E-state index in [1.807, 2.05) is 66.3 Å². The Morgan fingerprint density at radius 2 is 1.90 bits per heavy atom. The largest absolute Gasteiger partial charge is 0.497 e. The molecule has 4 heteroatoms. The van der Waals surface area contributed by atoms with Crippen LogP contribution in [0.2, 0.25) is 0 Å². The number of amides is 1. The van der Waals surface area contributed by atoms with Gasteiger partial charge in [-0.15, -0.1) is 0 Å². The summed E-state index contributed by atoms with van der Waals surface area (Å²) in [6.07, 6.45) is 1.84. The number of aromatic nitrogens is 1. The van der Waals surface area contributed by atoms with Crippen molar-refractivity contribution in [2.24, 2.45) is 7.05 Å². The fourth-order valence-corrected chi connectivity index (χ4v) is 2.40. The topological polar surface area (TPSA) is 43.3 Å². The van der Waals surface area contributed by atoms with Crippen molar-refractivity contribution in [2.75, 3.05) is 12.4 Å². The number of methoxy groups -OCH3 is 1. The predicted octanol–water partition coefficient (Wildman–Crippen LogP) is 3.44. The number of fused-ring (bicyclic) bond motifs is 1. The second kappa shape index (κ2) is 5.32. The number of carbonyl (C=O) groups is 1. The Balaban J connectivity index is 2.01. The first-order valence-corrected chi connectivity index (χ1v) is 6.68. The van der Waals surface area contributed by atoms with E-state index in [1.54, 1.807) is 7.11 Å². The van der Waals surface area contributed by atoms with Crippen LogP contribution in [-0.2, 0) is 7.05 Å². The van der Waals surface area contributed by atoms with Crippen LogP contribution in [0.15, 0.2) is 54.7 Å². The van der Waals surface area contributed by atoms with Gasteiger partial charge in [0.15, 0.2) is 0 Å². The number of hydrogen-bond donors (Lipinski definition) is 1. The molecule has 1 aromatic heterocycles. The Morgan fingerprint density at radius 3 is 2.62 bits per heavy atom. The number of para-hydroxylation sites is 1. The van der Waals surface area contributed by atoms with E-state index in [0.29, 0.717) is 5.56 Å². The number of carbonyl (C=O) groups excluding carboxylic acids is 1. The molecule has 3 rings (SSSR count). The van der Waals surface area contributed by atoms with E-state index in [-0.39, 0.29) is 5.91 Å². The molecule has 0 atom stereocenters. The lowest BCUT2D eigenvalue weighted by molar-refractivity contribution is 0.102. The fraction of sp³-hybridized carbons (Fsp3) is 0.118. The zero-order chi connectivity index (χ0) is 14.8. The fourth-order valence-electron chi connectivity index (χ4n) is 2.40. The number of rotatable bonds is 3. The lowest BCUT2D eigenvalue weighted by Gasteiger charge is -2.04. The highest BCUT2D eigenvalue weighted by atomic mass is 16.5. The Kier molecular flexibility index (Phi) is 3.36. The zero-order valence-corrected chi connectivity index (χ0v) is 12.0. The molecule has 21 heavy (non-hydrogen) atoms. The van der Waals surface area contributed by atoms with Crippen LogP contribution in [0.25, 0.3) is 10.9 Å². The Morgan fingerprint density at radius 1 is 1.14 bits per heavy atom. The third-order valence-corrected chi connectivity index (χ3v) is 3.47. The standard InChI is InChI=1S/C17H16N2O2/c1-19-11-15(14-10-13(21-2)8-9-16(14)19)17(20)18-12-6-4-3-5-7-12/h3-11H,1-2H3,(H,18,20).